The van der Waals surface area contributed by atoms with Crippen LogP contribution in [-0.2, 0) is 9.31 Å². The van der Waals surface area contributed by atoms with E-state index in [4.69, 9.17) is 9.84 Å². The van der Waals surface area contributed by atoms with Gasteiger partial charge in [-0.05, 0) is 6.92 Å². The maximum atomic E-state index is 9.84. The van der Waals surface area contributed by atoms with Crippen LogP contribution in [0.25, 0.3) is 0 Å². The fourth-order valence-electron chi connectivity index (χ4n) is 0.531. The Bertz CT molecular complexity index is 120. The summed E-state index contributed by atoms with van der Waals surface area (Å²) in [4.78, 5) is 0. The highest BCUT2D eigenvalue weighted by Gasteiger charge is 2.20. The molecule has 0 aliphatic heterocycles. The molecule has 1 N–H and O–H groups in total. The lowest BCUT2D eigenvalue weighted by molar-refractivity contribution is -1.05. The average molecular weight is 162 g/mol. The molecule has 4 nitrogen and oxygen atoms in total. The Morgan fingerprint density at radius 3 is 2.73 bits per heavy atom. The highest BCUT2D eigenvalue weighted by atomic mass is 17.1. The minimum atomic E-state index is -0.954. The number of esters is 1. The van der Waals surface area contributed by atoms with E-state index in [1.165, 1.54) is 6.92 Å². The predicted molar refractivity (Wildman–Crippen MR) is 37.5 cm³/mol. The molecule has 66 valence electrons. The molecule has 0 aromatic rings. The molecule has 0 radical (unpaired) electrons. The van der Waals surface area contributed by atoms with Gasteiger partial charge in [0.15, 0.2) is 6.61 Å². The van der Waals surface area contributed by atoms with Gasteiger partial charge in [-0.2, -0.15) is 0 Å². The van der Waals surface area contributed by atoms with Crippen LogP contribution in [0.15, 0.2) is 0 Å². The van der Waals surface area contributed by atoms with Gasteiger partial charge in [0, 0.05) is 6.42 Å². The summed E-state index contributed by atoms with van der Waals surface area (Å²) in [6.07, 6.45) is 0.871. The van der Waals surface area contributed by atoms with E-state index < -0.39 is 6.10 Å². The van der Waals surface area contributed by atoms with Crippen molar-refractivity contribution in [2.75, 3.05) is 6.61 Å². The predicted octanol–water partition coefficient (Wildman–Crippen LogP) is -0.479. The molecule has 0 aliphatic carbocycles. The van der Waals surface area contributed by atoms with Crippen LogP contribution in [0.4, 0.5) is 0 Å². The zero-order chi connectivity index (χ0) is 8.69. The normalized spacial score (nSPS) is 14.6. The van der Waals surface area contributed by atoms with Crippen LogP contribution >= 0.6 is 0 Å². The van der Waals surface area contributed by atoms with Crippen LogP contribution in [0.2, 0.25) is 0 Å². The molecule has 0 fully saturated rings. The fourth-order valence-corrected chi connectivity index (χ4v) is 0.531. The van der Waals surface area contributed by atoms with E-state index >= 15 is 0 Å². The second-order valence-electron chi connectivity index (χ2n) is 2.28. The smallest absolute Gasteiger partial charge is 0.526 e. The Morgan fingerprint density at radius 1 is 1.73 bits per heavy atom. The molecule has 0 aromatic carbocycles. The molecule has 11 heavy (non-hydrogen) atoms. The van der Waals surface area contributed by atoms with E-state index in [0.29, 0.717) is 6.61 Å². The Morgan fingerprint density at radius 2 is 2.36 bits per heavy atom. The van der Waals surface area contributed by atoms with Crippen molar-refractivity contribution in [1.82, 2.24) is 0 Å². The number of hydrogen-bond donors (Lipinski definition) is 1. The first-order valence-corrected chi connectivity index (χ1v) is 3.69. The van der Waals surface area contributed by atoms with E-state index in [0.717, 1.165) is 12.8 Å². The standard InChI is InChI=1S/C7H14O4/c1-3-4-5-10-7(11-9)6(2)8/h6,8H,3-5H2,1-2H3. The lowest BCUT2D eigenvalue weighted by atomic mass is 10.3. The number of ether oxygens (including phenoxy) is 1. The number of hydrogen-bond acceptors (Lipinski definition) is 3. The quantitative estimate of drug-likeness (QED) is 0.200. The second-order valence-corrected chi connectivity index (χ2v) is 2.28. The van der Waals surface area contributed by atoms with Crippen LogP contribution in [0.1, 0.15) is 26.7 Å². The Hall–Kier alpha value is -0.770. The summed E-state index contributed by atoms with van der Waals surface area (Å²) >= 11 is 0. The number of aliphatic hydroxyl groups excluding tert-OH is 1. The minimum absolute atomic E-state index is 0.251. The van der Waals surface area contributed by atoms with Crippen LogP contribution in [0.5, 0.6) is 0 Å². The molecule has 4 heteroatoms. The minimum Gasteiger partial charge on any atom is -0.588 e. The van der Waals surface area contributed by atoms with Gasteiger partial charge in [-0.3, -0.25) is 4.58 Å². The van der Waals surface area contributed by atoms with Gasteiger partial charge >= 0.3 is 5.97 Å². The zero-order valence-electron chi connectivity index (χ0n) is 6.87. The molecular formula is C7H14O4. The molecule has 0 heterocycles. The summed E-state index contributed by atoms with van der Waals surface area (Å²) in [6.45, 7) is 3.83. The van der Waals surface area contributed by atoms with E-state index in [1.54, 1.807) is 0 Å². The van der Waals surface area contributed by atoms with E-state index in [1.807, 2.05) is 6.92 Å². The Balaban J connectivity index is 3.54. The van der Waals surface area contributed by atoms with Crippen LogP contribution in [0, 0.1) is 0 Å². The summed E-state index contributed by atoms with van der Waals surface area (Å²) in [7, 11) is 0. The fraction of sp³-hybridized carbons (Fsp3) is 0.857. The van der Waals surface area contributed by atoms with Crippen LogP contribution in [-0.4, -0.2) is 23.8 Å². The van der Waals surface area contributed by atoms with Gasteiger partial charge in [0.25, 0.3) is 0 Å². The van der Waals surface area contributed by atoms with Gasteiger partial charge in [0.1, 0.15) is 0 Å². The van der Waals surface area contributed by atoms with Crippen molar-refractivity contribution in [1.29, 1.82) is 0 Å². The summed E-state index contributed by atoms with van der Waals surface area (Å²) in [5.74, 6) is -0.251. The zero-order valence-corrected chi connectivity index (χ0v) is 6.87. The molecule has 0 amide bonds. The lowest BCUT2D eigenvalue weighted by Crippen LogP contribution is -2.25. The molecule has 1 atom stereocenters. The summed E-state index contributed by atoms with van der Waals surface area (Å²) < 4.78 is 8.38. The van der Waals surface area contributed by atoms with Crippen molar-refractivity contribution in [3.63, 3.8) is 0 Å². The molecular weight excluding hydrogens is 148 g/mol. The van der Waals surface area contributed by atoms with Crippen molar-refractivity contribution >= 4 is 5.97 Å². The van der Waals surface area contributed by atoms with Crippen molar-refractivity contribution in [2.24, 2.45) is 0 Å². The molecule has 0 spiro atoms. The highest BCUT2D eigenvalue weighted by molar-refractivity contribution is 5.73. The summed E-state index contributed by atoms with van der Waals surface area (Å²) in [5.41, 5.74) is 0. The SMILES string of the molecule is CCCCOC(=[O+][O-])C(C)O. The Kier molecular flexibility index (Phi) is 5.56. The molecule has 0 aliphatic rings. The number of unbranched alkanes of at least 4 members (excludes halogenated alkanes) is 1. The third-order valence-electron chi connectivity index (χ3n) is 1.17. The molecule has 0 rings (SSSR count). The number of aliphatic hydroxyl groups is 1. The van der Waals surface area contributed by atoms with Crippen LogP contribution < -0.4 is 5.26 Å². The highest BCUT2D eigenvalue weighted by Crippen LogP contribution is 1.92. The first-order valence-electron chi connectivity index (χ1n) is 3.69. The lowest BCUT2D eigenvalue weighted by Gasteiger charge is -1.98. The van der Waals surface area contributed by atoms with E-state index in [9.17, 15) is 5.26 Å². The largest absolute Gasteiger partial charge is 0.588 e. The first kappa shape index (κ1) is 10.2. The van der Waals surface area contributed by atoms with Crippen molar-refractivity contribution in [3.05, 3.63) is 0 Å². The maximum Gasteiger partial charge on any atom is 0.526 e. The van der Waals surface area contributed by atoms with Gasteiger partial charge in [-0.15, -0.1) is 0 Å². The van der Waals surface area contributed by atoms with E-state index in [2.05, 4.69) is 4.58 Å². The first-order chi connectivity index (χ1) is 5.22. The van der Waals surface area contributed by atoms with Gasteiger partial charge in [-0.1, -0.05) is 13.3 Å². The third kappa shape index (κ3) is 4.61. The monoisotopic (exact) mass is 162 g/mol. The van der Waals surface area contributed by atoms with E-state index in [-0.39, 0.29) is 5.97 Å². The van der Waals surface area contributed by atoms with Gasteiger partial charge < -0.3 is 15.1 Å². The van der Waals surface area contributed by atoms with Crippen molar-refractivity contribution < 1.29 is 19.7 Å². The molecule has 0 saturated carbocycles. The molecule has 0 bridgehead atoms. The second kappa shape index (κ2) is 5.97. The number of carbonyl (C=O) groups excluding carboxylic acids is 1. The Labute approximate surface area is 66.0 Å². The van der Waals surface area contributed by atoms with Crippen molar-refractivity contribution in [2.45, 2.75) is 32.8 Å². The average Bonchev–Trinajstić information content (AvgIpc) is 1.97. The van der Waals surface area contributed by atoms with Gasteiger partial charge in [0.2, 0.25) is 6.10 Å². The molecule has 0 saturated heterocycles. The van der Waals surface area contributed by atoms with Gasteiger partial charge in [0.05, 0.1) is 0 Å². The van der Waals surface area contributed by atoms with Gasteiger partial charge in [-0.25, -0.2) is 0 Å². The molecule has 1 unspecified atom stereocenters. The van der Waals surface area contributed by atoms with Crippen molar-refractivity contribution in [3.8, 4) is 0 Å². The summed E-state index contributed by atoms with van der Waals surface area (Å²) in [6, 6.07) is 0. The molecule has 0 aromatic heterocycles. The third-order valence-corrected chi connectivity index (χ3v) is 1.17. The maximum absolute atomic E-state index is 9.84. The summed E-state index contributed by atoms with van der Waals surface area (Å²) in [5, 5.41) is 18.7. The number of rotatable bonds is 4. The van der Waals surface area contributed by atoms with Crippen LogP contribution in [0.3, 0.4) is 0 Å². The topological polar surface area (TPSA) is 63.8 Å².